The molecule has 0 radical (unpaired) electrons. The number of benzene rings is 2. The van der Waals surface area contributed by atoms with E-state index in [1.54, 1.807) is 49.5 Å². The van der Waals surface area contributed by atoms with E-state index in [1.807, 2.05) is 6.07 Å². The summed E-state index contributed by atoms with van der Waals surface area (Å²) >= 11 is 0. The third kappa shape index (κ3) is 6.21. The van der Waals surface area contributed by atoms with Crippen molar-refractivity contribution < 1.29 is 28.9 Å². The highest BCUT2D eigenvalue weighted by molar-refractivity contribution is 5.90. The number of methoxy groups -OCH3 is 1. The van der Waals surface area contributed by atoms with E-state index in [2.05, 4.69) is 11.6 Å². The van der Waals surface area contributed by atoms with Gasteiger partial charge in [-0.25, -0.2) is 9.59 Å². The molecular formula is C22H23NO6. The molecular weight excluding hydrogens is 374 g/mol. The molecule has 7 nitrogen and oxygen atoms in total. The second-order valence-corrected chi connectivity index (χ2v) is 5.91. The monoisotopic (exact) mass is 397 g/mol. The highest BCUT2D eigenvalue weighted by Gasteiger charge is 2.13. The van der Waals surface area contributed by atoms with Crippen molar-refractivity contribution in [2.45, 2.75) is 13.3 Å². The lowest BCUT2D eigenvalue weighted by molar-refractivity contribution is -0.139. The average molecular weight is 397 g/mol. The molecule has 0 amide bonds. The molecule has 1 N–H and O–H groups in total. The number of aliphatic carboxylic acids is 1. The first-order chi connectivity index (χ1) is 14.0. The third-order valence-electron chi connectivity index (χ3n) is 3.82. The number of carboxylic acids is 1. The van der Waals surface area contributed by atoms with Crippen molar-refractivity contribution in [3.63, 3.8) is 0 Å². The Bertz CT molecular complexity index is 902. The molecule has 0 aromatic heterocycles. The van der Waals surface area contributed by atoms with Gasteiger partial charge in [0, 0.05) is 11.8 Å². The minimum atomic E-state index is -1.08. The molecule has 0 atom stereocenters. The Balaban J connectivity index is 2.27. The lowest BCUT2D eigenvalue weighted by Crippen LogP contribution is -2.11. The first-order valence-electron chi connectivity index (χ1n) is 8.96. The fourth-order valence-electron chi connectivity index (χ4n) is 2.56. The zero-order valence-electron chi connectivity index (χ0n) is 16.4. The molecule has 0 spiro atoms. The van der Waals surface area contributed by atoms with Gasteiger partial charge in [-0.05, 0) is 55.3 Å². The highest BCUT2D eigenvalue weighted by atomic mass is 16.5. The van der Waals surface area contributed by atoms with Crippen LogP contribution in [0, 0.1) is 0 Å². The number of rotatable bonds is 10. The van der Waals surface area contributed by atoms with Crippen LogP contribution in [0.5, 0.6) is 11.5 Å². The maximum absolute atomic E-state index is 11.7. The zero-order chi connectivity index (χ0) is 21.2. The lowest BCUT2D eigenvalue weighted by Gasteiger charge is -2.14. The average Bonchev–Trinajstić information content (AvgIpc) is 2.71. The lowest BCUT2D eigenvalue weighted by atomic mass is 10.1. The molecule has 0 aliphatic rings. The minimum Gasteiger partial charge on any atom is -0.493 e. The van der Waals surface area contributed by atoms with Gasteiger partial charge in [-0.15, -0.1) is 6.58 Å². The summed E-state index contributed by atoms with van der Waals surface area (Å²) in [4.78, 5) is 26.9. The molecule has 2 aromatic rings. The molecule has 152 valence electrons. The molecule has 2 rings (SSSR count). The zero-order valence-corrected chi connectivity index (χ0v) is 16.4. The summed E-state index contributed by atoms with van der Waals surface area (Å²) in [7, 11) is 1.48. The molecule has 0 fully saturated rings. The number of carbonyl (C=O) groups is 2. The Morgan fingerprint density at radius 1 is 1.21 bits per heavy atom. The van der Waals surface area contributed by atoms with Crippen LogP contribution in [0.1, 0.15) is 28.4 Å². The Morgan fingerprint density at radius 3 is 2.52 bits per heavy atom. The van der Waals surface area contributed by atoms with E-state index in [0.717, 1.165) is 11.1 Å². The van der Waals surface area contributed by atoms with Gasteiger partial charge in [0.1, 0.15) is 0 Å². The molecule has 0 aliphatic heterocycles. The highest BCUT2D eigenvalue weighted by Crippen LogP contribution is 2.33. The van der Waals surface area contributed by atoms with Crippen LogP contribution in [0.4, 0.5) is 5.69 Å². The van der Waals surface area contributed by atoms with Gasteiger partial charge in [0.05, 0.1) is 25.0 Å². The predicted molar refractivity (Wildman–Crippen MR) is 110 cm³/mol. The molecule has 0 saturated carbocycles. The van der Waals surface area contributed by atoms with E-state index in [4.69, 9.17) is 19.3 Å². The van der Waals surface area contributed by atoms with Crippen molar-refractivity contribution in [2.24, 2.45) is 4.99 Å². The maximum Gasteiger partial charge on any atom is 0.341 e. The van der Waals surface area contributed by atoms with Crippen molar-refractivity contribution in [1.82, 2.24) is 0 Å². The van der Waals surface area contributed by atoms with E-state index < -0.39 is 12.6 Å². The number of ether oxygens (including phenoxy) is 3. The topological polar surface area (TPSA) is 94.4 Å². The molecule has 2 aromatic carbocycles. The Kier molecular flexibility index (Phi) is 7.97. The first kappa shape index (κ1) is 21.7. The van der Waals surface area contributed by atoms with Crippen LogP contribution in [-0.2, 0) is 16.0 Å². The molecule has 29 heavy (non-hydrogen) atoms. The number of esters is 1. The summed E-state index contributed by atoms with van der Waals surface area (Å²) in [6.07, 6.45) is 3.81. The third-order valence-corrected chi connectivity index (χ3v) is 3.82. The summed E-state index contributed by atoms with van der Waals surface area (Å²) in [6.45, 7) is 5.32. The van der Waals surface area contributed by atoms with E-state index >= 15 is 0 Å². The number of nitrogens with zero attached hydrogens (tertiary/aromatic N) is 1. The molecule has 0 bridgehead atoms. The first-order valence-corrected chi connectivity index (χ1v) is 8.96. The van der Waals surface area contributed by atoms with Crippen molar-refractivity contribution >= 4 is 23.8 Å². The van der Waals surface area contributed by atoms with E-state index in [-0.39, 0.29) is 5.97 Å². The van der Waals surface area contributed by atoms with Crippen molar-refractivity contribution in [3.8, 4) is 11.5 Å². The number of carbonyl (C=O) groups excluding carboxylic acids is 1. The van der Waals surface area contributed by atoms with Gasteiger partial charge in [0.15, 0.2) is 18.1 Å². The van der Waals surface area contributed by atoms with Gasteiger partial charge in [0.25, 0.3) is 0 Å². The number of hydrogen-bond donors (Lipinski definition) is 1. The molecule has 0 aliphatic carbocycles. The van der Waals surface area contributed by atoms with Crippen molar-refractivity contribution in [1.29, 1.82) is 0 Å². The van der Waals surface area contributed by atoms with Gasteiger partial charge in [-0.2, -0.15) is 0 Å². The van der Waals surface area contributed by atoms with Gasteiger partial charge >= 0.3 is 11.9 Å². The predicted octanol–water partition coefficient (Wildman–Crippen LogP) is 3.81. The fraction of sp³-hybridized carbons (Fsp3) is 0.227. The van der Waals surface area contributed by atoms with Crippen LogP contribution < -0.4 is 9.47 Å². The van der Waals surface area contributed by atoms with E-state index in [0.29, 0.717) is 35.8 Å². The fourth-order valence-corrected chi connectivity index (χ4v) is 2.56. The largest absolute Gasteiger partial charge is 0.493 e. The van der Waals surface area contributed by atoms with E-state index in [9.17, 15) is 9.59 Å². The summed E-state index contributed by atoms with van der Waals surface area (Å²) < 4.78 is 15.7. The summed E-state index contributed by atoms with van der Waals surface area (Å²) in [5.74, 6) is -0.678. The van der Waals surface area contributed by atoms with Crippen LogP contribution in [0.3, 0.4) is 0 Å². The summed E-state index contributed by atoms with van der Waals surface area (Å²) in [5.41, 5.74) is 2.60. The maximum atomic E-state index is 11.7. The number of carboxylic acid groups (broad SMARTS) is 1. The Morgan fingerprint density at radius 2 is 1.93 bits per heavy atom. The van der Waals surface area contributed by atoms with Gasteiger partial charge in [0.2, 0.25) is 0 Å². The standard InChI is InChI=1S/C22H23NO6/c1-4-6-17-11-15(12-19(27-3)21(17)29-14-20(24)25)13-23-18-9-7-16(8-10-18)22(26)28-5-2/h4,7-13H,1,5-6,14H2,2-3H3,(H,24,25). The number of hydrogen-bond acceptors (Lipinski definition) is 6. The molecule has 0 saturated heterocycles. The van der Waals surface area contributed by atoms with Gasteiger partial charge in [-0.1, -0.05) is 6.08 Å². The van der Waals surface area contributed by atoms with Crippen LogP contribution in [0.2, 0.25) is 0 Å². The molecule has 7 heteroatoms. The molecule has 0 unspecified atom stereocenters. The Labute approximate surface area is 169 Å². The number of aliphatic imine (C=N–C) groups is 1. The molecule has 0 heterocycles. The quantitative estimate of drug-likeness (QED) is 0.372. The van der Waals surface area contributed by atoms with Crippen molar-refractivity contribution in [3.05, 3.63) is 65.7 Å². The van der Waals surface area contributed by atoms with Crippen LogP contribution in [-0.4, -0.2) is 43.6 Å². The SMILES string of the molecule is C=CCc1cc(C=Nc2ccc(C(=O)OCC)cc2)cc(OC)c1OCC(=O)O. The van der Waals surface area contributed by atoms with Crippen LogP contribution in [0.15, 0.2) is 54.0 Å². The van der Waals surface area contributed by atoms with Crippen molar-refractivity contribution in [2.75, 3.05) is 20.3 Å². The van der Waals surface area contributed by atoms with Crippen LogP contribution >= 0.6 is 0 Å². The van der Waals surface area contributed by atoms with E-state index in [1.165, 1.54) is 7.11 Å². The van der Waals surface area contributed by atoms with Gasteiger partial charge in [-0.3, -0.25) is 4.99 Å². The summed E-state index contributed by atoms with van der Waals surface area (Å²) in [5, 5.41) is 8.87. The van der Waals surface area contributed by atoms with Crippen LogP contribution in [0.25, 0.3) is 0 Å². The smallest absolute Gasteiger partial charge is 0.341 e. The minimum absolute atomic E-state index is 0.319. The number of allylic oxidation sites excluding steroid dienone is 1. The Hall–Kier alpha value is -3.61. The normalized spacial score (nSPS) is 10.6. The second kappa shape index (κ2) is 10.7. The second-order valence-electron chi connectivity index (χ2n) is 5.91. The van der Waals surface area contributed by atoms with Gasteiger partial charge < -0.3 is 19.3 Å². The summed E-state index contributed by atoms with van der Waals surface area (Å²) in [6, 6.07) is 10.3.